The molecule has 1 aliphatic heterocycles. The molecule has 2 heterocycles. The molecule has 0 amide bonds. The minimum absolute atomic E-state index is 0.441. The van der Waals surface area contributed by atoms with Gasteiger partial charge in [-0.15, -0.1) is 0 Å². The molecule has 4 heteroatoms. The lowest BCUT2D eigenvalue weighted by atomic mass is 10.1. The molecule has 1 aromatic rings. The van der Waals surface area contributed by atoms with Gasteiger partial charge in [-0.25, -0.2) is 4.98 Å². The summed E-state index contributed by atoms with van der Waals surface area (Å²) in [4.78, 5) is 9.26. The van der Waals surface area contributed by atoms with Gasteiger partial charge in [-0.2, -0.15) is 0 Å². The Labute approximate surface area is 109 Å². The van der Waals surface area contributed by atoms with E-state index in [2.05, 4.69) is 27.8 Å². The average molecular weight is 249 g/mol. The largest absolute Gasteiger partial charge is 0.389 e. The number of rotatable bonds is 3. The van der Waals surface area contributed by atoms with Gasteiger partial charge in [0.2, 0.25) is 0 Å². The number of pyridine rings is 1. The number of aryl methyl sites for hydroxylation is 1. The molecule has 1 fully saturated rings. The Hall–Kier alpha value is -1.13. The highest BCUT2D eigenvalue weighted by molar-refractivity contribution is 5.44. The summed E-state index contributed by atoms with van der Waals surface area (Å²) in [7, 11) is 0. The Kier molecular flexibility index (Phi) is 4.19. The van der Waals surface area contributed by atoms with E-state index in [4.69, 9.17) is 0 Å². The number of piperazine rings is 1. The van der Waals surface area contributed by atoms with Gasteiger partial charge < -0.3 is 14.9 Å². The Morgan fingerprint density at radius 1 is 1.33 bits per heavy atom. The van der Waals surface area contributed by atoms with Crippen LogP contribution >= 0.6 is 0 Å². The fraction of sp³-hybridized carbons (Fsp3) is 0.643. The first-order valence-corrected chi connectivity index (χ1v) is 6.73. The third-order valence-electron chi connectivity index (χ3n) is 3.73. The fourth-order valence-corrected chi connectivity index (χ4v) is 2.46. The fourth-order valence-electron chi connectivity index (χ4n) is 2.46. The zero-order valence-electron chi connectivity index (χ0n) is 11.6. The van der Waals surface area contributed by atoms with E-state index in [0.29, 0.717) is 0 Å². The van der Waals surface area contributed by atoms with Gasteiger partial charge in [0.05, 0.1) is 6.10 Å². The highest BCUT2D eigenvalue weighted by Gasteiger charge is 2.17. The van der Waals surface area contributed by atoms with Crippen molar-refractivity contribution < 1.29 is 5.11 Å². The van der Waals surface area contributed by atoms with Crippen molar-refractivity contribution in [1.29, 1.82) is 0 Å². The number of aromatic nitrogens is 1. The van der Waals surface area contributed by atoms with Crippen LogP contribution in [-0.2, 0) is 0 Å². The van der Waals surface area contributed by atoms with E-state index in [0.717, 1.165) is 49.7 Å². The molecule has 0 aromatic carbocycles. The Bertz CT molecular complexity index is 398. The number of aliphatic hydroxyl groups excluding tert-OH is 1. The van der Waals surface area contributed by atoms with Crippen LogP contribution in [0.1, 0.15) is 31.1 Å². The number of hydrogen-bond donors (Lipinski definition) is 1. The van der Waals surface area contributed by atoms with Crippen LogP contribution in [-0.4, -0.2) is 47.7 Å². The third kappa shape index (κ3) is 2.82. The first kappa shape index (κ1) is 13.3. The van der Waals surface area contributed by atoms with E-state index in [1.54, 1.807) is 6.92 Å². The summed E-state index contributed by atoms with van der Waals surface area (Å²) >= 11 is 0. The lowest BCUT2D eigenvalue weighted by Gasteiger charge is -2.35. The Balaban J connectivity index is 2.08. The van der Waals surface area contributed by atoms with Crippen LogP contribution in [0, 0.1) is 6.92 Å². The molecule has 1 N–H and O–H groups in total. The molecule has 0 unspecified atom stereocenters. The normalized spacial score (nSPS) is 19.0. The van der Waals surface area contributed by atoms with Gasteiger partial charge in [0, 0.05) is 37.9 Å². The minimum Gasteiger partial charge on any atom is -0.389 e. The summed E-state index contributed by atoms with van der Waals surface area (Å²) in [6.45, 7) is 11.4. The second kappa shape index (κ2) is 5.67. The molecule has 18 heavy (non-hydrogen) atoms. The summed E-state index contributed by atoms with van der Waals surface area (Å²) < 4.78 is 0. The number of likely N-dealkylation sites (N-methyl/N-ethyl adjacent to an activating group) is 1. The summed E-state index contributed by atoms with van der Waals surface area (Å²) in [5.74, 6) is 1.03. The molecule has 0 saturated carbocycles. The van der Waals surface area contributed by atoms with Gasteiger partial charge in [-0.1, -0.05) is 6.92 Å². The Morgan fingerprint density at radius 3 is 2.50 bits per heavy atom. The maximum atomic E-state index is 9.61. The Morgan fingerprint density at radius 2 is 2.00 bits per heavy atom. The van der Waals surface area contributed by atoms with Gasteiger partial charge in [-0.3, -0.25) is 0 Å². The summed E-state index contributed by atoms with van der Waals surface area (Å²) in [6.07, 6.45) is 1.37. The second-order valence-corrected chi connectivity index (χ2v) is 5.00. The molecular weight excluding hydrogens is 226 g/mol. The monoisotopic (exact) mass is 249 g/mol. The third-order valence-corrected chi connectivity index (χ3v) is 3.73. The standard InChI is InChI=1S/C14H23N3O/c1-4-16-5-7-17(8-6-16)14-9-11(2)13(10-15-14)12(3)18/h9-10,12,18H,4-8H2,1-3H3/t12-/m1/s1. The molecule has 100 valence electrons. The van der Waals surface area contributed by atoms with Crippen molar-refractivity contribution >= 4 is 5.82 Å². The van der Waals surface area contributed by atoms with Crippen LogP contribution in [0.2, 0.25) is 0 Å². The van der Waals surface area contributed by atoms with Crippen LogP contribution in [0.3, 0.4) is 0 Å². The predicted molar refractivity (Wildman–Crippen MR) is 73.9 cm³/mol. The molecule has 0 aliphatic carbocycles. The van der Waals surface area contributed by atoms with Crippen molar-refractivity contribution in [3.8, 4) is 0 Å². The average Bonchev–Trinajstić information content (AvgIpc) is 2.38. The number of aliphatic hydroxyl groups is 1. The highest BCUT2D eigenvalue weighted by atomic mass is 16.3. The SMILES string of the molecule is CCN1CCN(c2cc(C)c([C@@H](C)O)cn2)CC1. The minimum atomic E-state index is -0.441. The van der Waals surface area contributed by atoms with Crippen LogP contribution in [0.4, 0.5) is 5.82 Å². The summed E-state index contributed by atoms with van der Waals surface area (Å²) in [5, 5.41) is 9.61. The van der Waals surface area contributed by atoms with E-state index in [9.17, 15) is 5.11 Å². The molecule has 1 aliphatic rings. The number of hydrogen-bond acceptors (Lipinski definition) is 4. The van der Waals surface area contributed by atoms with E-state index in [-0.39, 0.29) is 0 Å². The van der Waals surface area contributed by atoms with E-state index >= 15 is 0 Å². The highest BCUT2D eigenvalue weighted by Crippen LogP contribution is 2.21. The van der Waals surface area contributed by atoms with Gasteiger partial charge in [0.15, 0.2) is 0 Å². The van der Waals surface area contributed by atoms with Crippen LogP contribution in [0.15, 0.2) is 12.3 Å². The van der Waals surface area contributed by atoms with Crippen molar-refractivity contribution in [2.24, 2.45) is 0 Å². The first-order valence-electron chi connectivity index (χ1n) is 6.73. The molecule has 1 saturated heterocycles. The van der Waals surface area contributed by atoms with E-state index in [1.807, 2.05) is 13.1 Å². The van der Waals surface area contributed by atoms with Gasteiger partial charge in [0.25, 0.3) is 0 Å². The van der Waals surface area contributed by atoms with Crippen molar-refractivity contribution in [2.75, 3.05) is 37.6 Å². The van der Waals surface area contributed by atoms with Crippen LogP contribution < -0.4 is 4.90 Å². The zero-order chi connectivity index (χ0) is 13.1. The number of anilines is 1. The predicted octanol–water partition coefficient (Wildman–Crippen LogP) is 1.59. The van der Waals surface area contributed by atoms with E-state index in [1.165, 1.54) is 0 Å². The van der Waals surface area contributed by atoms with Gasteiger partial charge >= 0.3 is 0 Å². The lowest BCUT2D eigenvalue weighted by molar-refractivity contribution is 0.198. The number of nitrogens with zero attached hydrogens (tertiary/aromatic N) is 3. The second-order valence-electron chi connectivity index (χ2n) is 5.00. The maximum absolute atomic E-state index is 9.61. The maximum Gasteiger partial charge on any atom is 0.128 e. The quantitative estimate of drug-likeness (QED) is 0.883. The van der Waals surface area contributed by atoms with Crippen molar-refractivity contribution in [3.63, 3.8) is 0 Å². The van der Waals surface area contributed by atoms with E-state index < -0.39 is 6.10 Å². The van der Waals surface area contributed by atoms with Crippen molar-refractivity contribution in [2.45, 2.75) is 26.9 Å². The molecule has 0 radical (unpaired) electrons. The van der Waals surface area contributed by atoms with Crippen LogP contribution in [0.25, 0.3) is 0 Å². The van der Waals surface area contributed by atoms with Gasteiger partial charge in [-0.05, 0) is 32.0 Å². The van der Waals surface area contributed by atoms with Crippen molar-refractivity contribution in [1.82, 2.24) is 9.88 Å². The molecule has 4 nitrogen and oxygen atoms in total. The summed E-state index contributed by atoms with van der Waals surface area (Å²) in [6, 6.07) is 2.09. The lowest BCUT2D eigenvalue weighted by Crippen LogP contribution is -2.46. The van der Waals surface area contributed by atoms with Gasteiger partial charge in [0.1, 0.15) is 5.82 Å². The molecule has 1 atom stereocenters. The molecule has 0 bridgehead atoms. The van der Waals surface area contributed by atoms with Crippen molar-refractivity contribution in [3.05, 3.63) is 23.4 Å². The summed E-state index contributed by atoms with van der Waals surface area (Å²) in [5.41, 5.74) is 2.04. The molecule has 0 spiro atoms. The first-order chi connectivity index (χ1) is 8.61. The molecule has 1 aromatic heterocycles. The zero-order valence-corrected chi connectivity index (χ0v) is 11.6. The smallest absolute Gasteiger partial charge is 0.128 e. The molecular formula is C14H23N3O. The topological polar surface area (TPSA) is 39.6 Å². The van der Waals surface area contributed by atoms with Crippen LogP contribution in [0.5, 0.6) is 0 Å². The molecule has 2 rings (SSSR count).